The molecule has 1 aromatic carbocycles. The van der Waals surface area contributed by atoms with Crippen molar-refractivity contribution in [3.63, 3.8) is 0 Å². The molecule has 88 valence electrons. The van der Waals surface area contributed by atoms with Crippen molar-refractivity contribution in [2.45, 2.75) is 32.7 Å². The van der Waals surface area contributed by atoms with E-state index in [1.807, 2.05) is 0 Å². The minimum absolute atomic E-state index is 1.02. The number of nitrogens with zero attached hydrogens (tertiary/aromatic N) is 1. The highest BCUT2D eigenvalue weighted by atomic mass is 16.5. The maximum Gasteiger partial charge on any atom is 0.123 e. The van der Waals surface area contributed by atoms with Crippen LogP contribution in [0.15, 0.2) is 18.2 Å². The Labute approximate surface area is 98.2 Å². The molecule has 0 amide bonds. The van der Waals surface area contributed by atoms with Gasteiger partial charge in [0, 0.05) is 12.1 Å². The Kier molecular flexibility index (Phi) is 3.83. The number of likely N-dealkylation sites (tertiary alicyclic amines) is 1. The average molecular weight is 219 g/mol. The number of hydrogen-bond acceptors (Lipinski definition) is 2. The van der Waals surface area contributed by atoms with E-state index in [1.54, 1.807) is 7.11 Å². The van der Waals surface area contributed by atoms with E-state index in [1.165, 1.54) is 43.5 Å². The number of ether oxygens (including phenoxy) is 1. The summed E-state index contributed by atoms with van der Waals surface area (Å²) in [5.74, 6) is 1.02. The van der Waals surface area contributed by atoms with Gasteiger partial charge in [-0.3, -0.25) is 4.90 Å². The van der Waals surface area contributed by atoms with E-state index in [0.29, 0.717) is 0 Å². The number of aryl methyl sites for hydroxylation is 1. The molecule has 1 fully saturated rings. The molecule has 0 spiro atoms. The van der Waals surface area contributed by atoms with Gasteiger partial charge >= 0.3 is 0 Å². The number of rotatable bonds is 3. The van der Waals surface area contributed by atoms with Gasteiger partial charge in [0.2, 0.25) is 0 Å². The van der Waals surface area contributed by atoms with Crippen LogP contribution < -0.4 is 4.74 Å². The van der Waals surface area contributed by atoms with Gasteiger partial charge in [-0.2, -0.15) is 0 Å². The molecule has 2 nitrogen and oxygen atoms in total. The number of benzene rings is 1. The Morgan fingerprint density at radius 3 is 2.62 bits per heavy atom. The molecule has 0 saturated carbocycles. The van der Waals surface area contributed by atoms with Gasteiger partial charge in [0.25, 0.3) is 0 Å². The van der Waals surface area contributed by atoms with Crippen molar-refractivity contribution < 1.29 is 4.74 Å². The van der Waals surface area contributed by atoms with Crippen molar-refractivity contribution in [3.8, 4) is 5.75 Å². The number of hydrogen-bond donors (Lipinski definition) is 0. The monoisotopic (exact) mass is 219 g/mol. The van der Waals surface area contributed by atoms with E-state index in [0.717, 1.165) is 12.3 Å². The lowest BCUT2D eigenvalue weighted by Gasteiger charge is -2.27. The molecular formula is C14H21NO. The molecule has 0 atom stereocenters. The molecule has 1 heterocycles. The standard InChI is InChI=1S/C14H21NO/c1-12-6-7-14(16-2)13(10-12)11-15-8-4-3-5-9-15/h6-7,10H,3-5,8-9,11H2,1-2H3. The average Bonchev–Trinajstić information content (AvgIpc) is 2.31. The smallest absolute Gasteiger partial charge is 0.123 e. The third kappa shape index (κ3) is 2.76. The number of piperidine rings is 1. The summed E-state index contributed by atoms with van der Waals surface area (Å²) < 4.78 is 5.42. The predicted octanol–water partition coefficient (Wildman–Crippen LogP) is 2.99. The van der Waals surface area contributed by atoms with E-state index >= 15 is 0 Å². The van der Waals surface area contributed by atoms with Gasteiger partial charge in [-0.1, -0.05) is 24.1 Å². The Morgan fingerprint density at radius 1 is 1.19 bits per heavy atom. The lowest BCUT2D eigenvalue weighted by Crippen LogP contribution is -2.29. The largest absolute Gasteiger partial charge is 0.496 e. The summed E-state index contributed by atoms with van der Waals surface area (Å²) in [7, 11) is 1.75. The van der Waals surface area contributed by atoms with Crippen LogP contribution in [0.4, 0.5) is 0 Å². The molecule has 0 N–H and O–H groups in total. The molecule has 0 unspecified atom stereocenters. The van der Waals surface area contributed by atoms with E-state index < -0.39 is 0 Å². The van der Waals surface area contributed by atoms with Crippen LogP contribution in [0.2, 0.25) is 0 Å². The van der Waals surface area contributed by atoms with Crippen molar-refractivity contribution in [3.05, 3.63) is 29.3 Å². The normalized spacial score (nSPS) is 17.4. The molecule has 16 heavy (non-hydrogen) atoms. The van der Waals surface area contributed by atoms with Gasteiger partial charge in [0.1, 0.15) is 5.75 Å². The van der Waals surface area contributed by atoms with Crippen LogP contribution in [-0.2, 0) is 6.54 Å². The summed E-state index contributed by atoms with van der Waals surface area (Å²) in [5.41, 5.74) is 2.64. The third-order valence-electron chi connectivity index (χ3n) is 3.28. The topological polar surface area (TPSA) is 12.5 Å². The SMILES string of the molecule is COc1ccc(C)cc1CN1CCCCC1. The molecule has 1 saturated heterocycles. The van der Waals surface area contributed by atoms with E-state index in [4.69, 9.17) is 4.74 Å². The highest BCUT2D eigenvalue weighted by Gasteiger charge is 2.12. The molecule has 1 aliphatic heterocycles. The zero-order valence-electron chi connectivity index (χ0n) is 10.3. The van der Waals surface area contributed by atoms with Crippen LogP contribution in [0, 0.1) is 6.92 Å². The summed E-state index contributed by atoms with van der Waals surface area (Å²) in [4.78, 5) is 2.53. The van der Waals surface area contributed by atoms with Crippen LogP contribution in [0.3, 0.4) is 0 Å². The van der Waals surface area contributed by atoms with Gasteiger partial charge in [0.15, 0.2) is 0 Å². The van der Waals surface area contributed by atoms with Crippen LogP contribution in [0.25, 0.3) is 0 Å². The zero-order chi connectivity index (χ0) is 11.4. The Balaban J connectivity index is 2.09. The highest BCUT2D eigenvalue weighted by Crippen LogP contribution is 2.22. The van der Waals surface area contributed by atoms with Crippen LogP contribution >= 0.6 is 0 Å². The second-order valence-corrected chi connectivity index (χ2v) is 4.65. The van der Waals surface area contributed by atoms with Crippen LogP contribution in [-0.4, -0.2) is 25.1 Å². The zero-order valence-corrected chi connectivity index (χ0v) is 10.3. The molecule has 2 rings (SSSR count). The van der Waals surface area contributed by atoms with Crippen LogP contribution in [0.5, 0.6) is 5.75 Å². The van der Waals surface area contributed by atoms with Crippen LogP contribution in [0.1, 0.15) is 30.4 Å². The van der Waals surface area contributed by atoms with Gasteiger partial charge in [0.05, 0.1) is 7.11 Å². The summed E-state index contributed by atoms with van der Waals surface area (Å²) in [6.45, 7) is 5.64. The maximum absolute atomic E-state index is 5.42. The van der Waals surface area contributed by atoms with Gasteiger partial charge in [-0.15, -0.1) is 0 Å². The minimum atomic E-state index is 1.02. The molecule has 0 bridgehead atoms. The van der Waals surface area contributed by atoms with E-state index in [-0.39, 0.29) is 0 Å². The van der Waals surface area contributed by atoms with E-state index in [2.05, 4.69) is 30.0 Å². The van der Waals surface area contributed by atoms with Gasteiger partial charge in [-0.05, 0) is 38.9 Å². The first-order chi connectivity index (χ1) is 7.79. The van der Waals surface area contributed by atoms with Gasteiger partial charge in [-0.25, -0.2) is 0 Å². The Hall–Kier alpha value is -1.02. The fraction of sp³-hybridized carbons (Fsp3) is 0.571. The summed E-state index contributed by atoms with van der Waals surface area (Å²) in [6, 6.07) is 6.43. The minimum Gasteiger partial charge on any atom is -0.496 e. The van der Waals surface area contributed by atoms with Gasteiger partial charge < -0.3 is 4.74 Å². The molecule has 2 heteroatoms. The van der Waals surface area contributed by atoms with Crippen molar-refractivity contribution in [1.82, 2.24) is 4.90 Å². The molecule has 0 radical (unpaired) electrons. The highest BCUT2D eigenvalue weighted by molar-refractivity contribution is 5.36. The summed E-state index contributed by atoms with van der Waals surface area (Å²) >= 11 is 0. The summed E-state index contributed by atoms with van der Waals surface area (Å²) in [6.07, 6.45) is 4.07. The first-order valence-electron chi connectivity index (χ1n) is 6.15. The van der Waals surface area contributed by atoms with E-state index in [9.17, 15) is 0 Å². The number of methoxy groups -OCH3 is 1. The molecule has 1 aliphatic rings. The van der Waals surface area contributed by atoms with Crippen molar-refractivity contribution in [2.24, 2.45) is 0 Å². The Morgan fingerprint density at radius 2 is 1.94 bits per heavy atom. The molecule has 0 aromatic heterocycles. The Bertz CT molecular complexity index is 343. The molecule has 1 aromatic rings. The maximum atomic E-state index is 5.42. The molecular weight excluding hydrogens is 198 g/mol. The summed E-state index contributed by atoms with van der Waals surface area (Å²) in [5, 5.41) is 0. The lowest BCUT2D eigenvalue weighted by molar-refractivity contribution is 0.218. The predicted molar refractivity (Wildman–Crippen MR) is 66.9 cm³/mol. The second-order valence-electron chi connectivity index (χ2n) is 4.65. The fourth-order valence-corrected chi connectivity index (χ4v) is 2.39. The quantitative estimate of drug-likeness (QED) is 0.775. The first-order valence-corrected chi connectivity index (χ1v) is 6.15. The second kappa shape index (κ2) is 5.35. The third-order valence-corrected chi connectivity index (χ3v) is 3.28. The van der Waals surface area contributed by atoms with Crippen molar-refractivity contribution in [2.75, 3.05) is 20.2 Å². The fourth-order valence-electron chi connectivity index (χ4n) is 2.39. The lowest BCUT2D eigenvalue weighted by atomic mass is 10.1. The first kappa shape index (κ1) is 11.5. The van der Waals surface area contributed by atoms with Crippen molar-refractivity contribution in [1.29, 1.82) is 0 Å². The van der Waals surface area contributed by atoms with Crippen molar-refractivity contribution >= 4 is 0 Å². The molecule has 0 aliphatic carbocycles.